The van der Waals surface area contributed by atoms with E-state index in [-0.39, 0.29) is 11.7 Å². The minimum atomic E-state index is -0.328. The smallest absolute Gasteiger partial charge is 0.336 e. The maximum Gasteiger partial charge on any atom is 0.336 e. The van der Waals surface area contributed by atoms with E-state index in [4.69, 9.17) is 13.9 Å². The number of hydrogen-bond acceptors (Lipinski definition) is 4. The van der Waals surface area contributed by atoms with E-state index in [9.17, 15) is 4.79 Å². The van der Waals surface area contributed by atoms with E-state index < -0.39 is 0 Å². The minimum absolute atomic E-state index is 0.213. The molecule has 1 aliphatic rings. The van der Waals surface area contributed by atoms with Crippen LogP contribution in [-0.4, -0.2) is 19.3 Å². The average molecular weight is 246 g/mol. The number of epoxide rings is 1. The monoisotopic (exact) mass is 246 g/mol. The Balaban J connectivity index is 2.06. The highest BCUT2D eigenvalue weighted by molar-refractivity contribution is 5.84. The van der Waals surface area contributed by atoms with Crippen molar-refractivity contribution in [1.29, 1.82) is 0 Å². The van der Waals surface area contributed by atoms with Crippen LogP contribution >= 0.6 is 0 Å². The molecule has 1 aromatic heterocycles. The van der Waals surface area contributed by atoms with Crippen molar-refractivity contribution >= 4 is 11.0 Å². The second-order valence-corrected chi connectivity index (χ2v) is 4.58. The molecule has 2 heterocycles. The Bertz CT molecular complexity index is 653. The third-order valence-electron chi connectivity index (χ3n) is 3.15. The summed E-state index contributed by atoms with van der Waals surface area (Å²) in [6.07, 6.45) is 0.213. The molecular weight excluding hydrogens is 232 g/mol. The Morgan fingerprint density at radius 2 is 2.17 bits per heavy atom. The van der Waals surface area contributed by atoms with Crippen molar-refractivity contribution in [2.24, 2.45) is 0 Å². The van der Waals surface area contributed by atoms with Crippen molar-refractivity contribution in [3.8, 4) is 5.75 Å². The van der Waals surface area contributed by atoms with Crippen molar-refractivity contribution < 1.29 is 13.9 Å². The number of fused-ring (bicyclic) bond motifs is 1. The average Bonchev–Trinajstić information content (AvgIpc) is 3.13. The summed E-state index contributed by atoms with van der Waals surface area (Å²) >= 11 is 0. The van der Waals surface area contributed by atoms with Gasteiger partial charge >= 0.3 is 5.63 Å². The van der Waals surface area contributed by atoms with Gasteiger partial charge in [-0.3, -0.25) is 0 Å². The highest BCUT2D eigenvalue weighted by Gasteiger charge is 2.23. The van der Waals surface area contributed by atoms with E-state index in [1.165, 1.54) is 6.07 Å². The van der Waals surface area contributed by atoms with Crippen LogP contribution in [0.3, 0.4) is 0 Å². The lowest BCUT2D eigenvalue weighted by Crippen LogP contribution is -2.06. The van der Waals surface area contributed by atoms with Crippen LogP contribution in [0.25, 0.3) is 11.0 Å². The summed E-state index contributed by atoms with van der Waals surface area (Å²) in [5.74, 6) is 0.742. The van der Waals surface area contributed by atoms with E-state index in [2.05, 4.69) is 0 Å². The van der Waals surface area contributed by atoms with Gasteiger partial charge < -0.3 is 13.9 Å². The van der Waals surface area contributed by atoms with Gasteiger partial charge in [0, 0.05) is 17.0 Å². The first-order valence-electron chi connectivity index (χ1n) is 5.93. The lowest BCUT2D eigenvalue weighted by Gasteiger charge is -2.10. The fourth-order valence-electron chi connectivity index (χ4n) is 2.00. The Labute approximate surface area is 104 Å². The Hall–Kier alpha value is -1.81. The van der Waals surface area contributed by atoms with Crippen LogP contribution < -0.4 is 10.4 Å². The predicted octanol–water partition coefficient (Wildman–Crippen LogP) is 2.19. The molecular formula is C14H14O4. The van der Waals surface area contributed by atoms with Crippen molar-refractivity contribution in [3.05, 3.63) is 39.7 Å². The summed E-state index contributed by atoms with van der Waals surface area (Å²) in [6, 6.07) is 5.33. The van der Waals surface area contributed by atoms with Crippen LogP contribution in [0.1, 0.15) is 11.1 Å². The van der Waals surface area contributed by atoms with Gasteiger partial charge in [0.2, 0.25) is 0 Å². The summed E-state index contributed by atoms with van der Waals surface area (Å²) in [4.78, 5) is 11.4. The largest absolute Gasteiger partial charge is 0.490 e. The van der Waals surface area contributed by atoms with Crippen molar-refractivity contribution in [2.45, 2.75) is 20.0 Å². The number of rotatable bonds is 3. The highest BCUT2D eigenvalue weighted by atomic mass is 16.6. The van der Waals surface area contributed by atoms with Crippen LogP contribution in [0.5, 0.6) is 5.75 Å². The summed E-state index contributed by atoms with van der Waals surface area (Å²) in [5, 5.41) is 0.946. The zero-order valence-corrected chi connectivity index (χ0v) is 10.4. The molecule has 1 aliphatic heterocycles. The second kappa shape index (κ2) is 4.14. The first kappa shape index (κ1) is 11.3. The minimum Gasteiger partial charge on any atom is -0.490 e. The molecule has 0 unspecified atom stereocenters. The number of aryl methyl sites for hydroxylation is 2. The fourth-order valence-corrected chi connectivity index (χ4v) is 2.00. The van der Waals surface area contributed by atoms with Gasteiger partial charge in [0.25, 0.3) is 0 Å². The molecule has 1 saturated heterocycles. The maximum absolute atomic E-state index is 11.4. The van der Waals surface area contributed by atoms with E-state index in [0.717, 1.165) is 28.9 Å². The molecule has 1 aromatic carbocycles. The summed E-state index contributed by atoms with van der Waals surface area (Å²) < 4.78 is 16.0. The Morgan fingerprint density at radius 3 is 2.89 bits per heavy atom. The molecule has 3 rings (SSSR count). The van der Waals surface area contributed by atoms with Crippen molar-refractivity contribution in [2.75, 3.05) is 13.2 Å². The molecule has 1 fully saturated rings. The van der Waals surface area contributed by atoms with Gasteiger partial charge in [-0.1, -0.05) is 0 Å². The van der Waals surface area contributed by atoms with Gasteiger partial charge in [0.15, 0.2) is 0 Å². The molecule has 0 bridgehead atoms. The quantitative estimate of drug-likeness (QED) is 0.615. The van der Waals surface area contributed by atoms with Gasteiger partial charge in [0.05, 0.1) is 6.61 Å². The van der Waals surface area contributed by atoms with Crippen LogP contribution in [-0.2, 0) is 4.74 Å². The van der Waals surface area contributed by atoms with Gasteiger partial charge in [-0.15, -0.1) is 0 Å². The molecule has 1 atom stereocenters. The molecule has 0 N–H and O–H groups in total. The molecule has 0 spiro atoms. The number of hydrogen-bond donors (Lipinski definition) is 0. The van der Waals surface area contributed by atoms with Crippen LogP contribution in [0.2, 0.25) is 0 Å². The highest BCUT2D eigenvalue weighted by Crippen LogP contribution is 2.28. The van der Waals surface area contributed by atoms with Crippen molar-refractivity contribution in [1.82, 2.24) is 0 Å². The van der Waals surface area contributed by atoms with Gasteiger partial charge in [-0.25, -0.2) is 4.79 Å². The Morgan fingerprint density at radius 1 is 1.39 bits per heavy atom. The molecule has 0 radical (unpaired) electrons. The standard InChI is InChI=1S/C14H14O4/c1-8-5-13(15)18-14-9(2)12(4-3-11(8)14)17-7-10-6-16-10/h3-5,10H,6-7H2,1-2H3/t10-/m0/s1. The van der Waals surface area contributed by atoms with E-state index in [0.29, 0.717) is 12.2 Å². The second-order valence-electron chi connectivity index (χ2n) is 4.58. The van der Waals surface area contributed by atoms with E-state index in [1.54, 1.807) is 0 Å². The maximum atomic E-state index is 11.4. The summed E-state index contributed by atoms with van der Waals surface area (Å²) in [6.45, 7) is 5.11. The van der Waals surface area contributed by atoms with Crippen molar-refractivity contribution in [3.63, 3.8) is 0 Å². The molecule has 0 saturated carbocycles. The molecule has 0 aliphatic carbocycles. The predicted molar refractivity (Wildman–Crippen MR) is 67.2 cm³/mol. The first-order chi connectivity index (χ1) is 8.65. The van der Waals surface area contributed by atoms with E-state index in [1.807, 2.05) is 26.0 Å². The first-order valence-corrected chi connectivity index (χ1v) is 5.93. The third-order valence-corrected chi connectivity index (χ3v) is 3.15. The normalized spacial score (nSPS) is 18.0. The van der Waals surface area contributed by atoms with Crippen LogP contribution in [0, 0.1) is 13.8 Å². The molecule has 0 amide bonds. The zero-order chi connectivity index (χ0) is 12.7. The Kier molecular flexibility index (Phi) is 2.59. The lowest BCUT2D eigenvalue weighted by atomic mass is 10.1. The molecule has 4 nitrogen and oxygen atoms in total. The fraction of sp³-hybridized carbons (Fsp3) is 0.357. The van der Waals surface area contributed by atoms with Gasteiger partial charge in [-0.2, -0.15) is 0 Å². The van der Waals surface area contributed by atoms with E-state index >= 15 is 0 Å². The van der Waals surface area contributed by atoms with Crippen LogP contribution in [0.4, 0.5) is 0 Å². The summed E-state index contributed by atoms with van der Waals surface area (Å²) in [7, 11) is 0. The lowest BCUT2D eigenvalue weighted by molar-refractivity contribution is 0.261. The summed E-state index contributed by atoms with van der Waals surface area (Å²) in [5.41, 5.74) is 2.05. The SMILES string of the molecule is Cc1cc(=O)oc2c(C)c(OC[C@@H]3CO3)ccc12. The zero-order valence-electron chi connectivity index (χ0n) is 10.4. The molecule has 2 aromatic rings. The van der Waals surface area contributed by atoms with Crippen LogP contribution in [0.15, 0.2) is 27.4 Å². The molecule has 4 heteroatoms. The topological polar surface area (TPSA) is 52.0 Å². The number of benzene rings is 1. The molecule has 94 valence electrons. The van der Waals surface area contributed by atoms with Gasteiger partial charge in [0.1, 0.15) is 24.0 Å². The van der Waals surface area contributed by atoms with Gasteiger partial charge in [-0.05, 0) is 31.5 Å². The number of ether oxygens (including phenoxy) is 2. The molecule has 18 heavy (non-hydrogen) atoms. The third kappa shape index (κ3) is 1.99.